The van der Waals surface area contributed by atoms with Gasteiger partial charge in [-0.1, -0.05) is 18.2 Å². The van der Waals surface area contributed by atoms with Crippen LogP contribution in [-0.2, 0) is 13.1 Å². The van der Waals surface area contributed by atoms with Crippen LogP contribution >= 0.6 is 0 Å². The van der Waals surface area contributed by atoms with E-state index < -0.39 is 0 Å². The molecule has 0 aliphatic rings. The largest absolute Gasteiger partial charge is 0.467 e. The first-order valence-electron chi connectivity index (χ1n) is 7.84. The molecule has 7 heteroatoms. The minimum absolute atomic E-state index is 0.565. The Morgan fingerprint density at radius 1 is 1.25 bits per heavy atom. The molecule has 7 nitrogen and oxygen atoms in total. The normalized spacial score (nSPS) is 11.5. The van der Waals surface area contributed by atoms with Crippen LogP contribution in [0.5, 0.6) is 0 Å². The first kappa shape index (κ1) is 15.8. The van der Waals surface area contributed by atoms with Gasteiger partial charge in [0.15, 0.2) is 11.8 Å². The Hall–Kier alpha value is -3.09. The number of aliphatic imine (C=N–C) groups is 1. The Balaban J connectivity index is 1.66. The lowest BCUT2D eigenvalue weighted by molar-refractivity contribution is 0.501. The average molecular weight is 324 g/mol. The Bertz CT molecular complexity index is 764. The topological polar surface area (TPSA) is 91.1 Å². The lowest BCUT2D eigenvalue weighted by atomic mass is 10.1. The summed E-state index contributed by atoms with van der Waals surface area (Å²) in [6.07, 6.45) is 3.16. The van der Waals surface area contributed by atoms with Gasteiger partial charge in [0.1, 0.15) is 12.1 Å². The quantitative estimate of drug-likeness (QED) is 0.478. The fourth-order valence-corrected chi connectivity index (χ4v) is 2.26. The van der Waals surface area contributed by atoms with Crippen LogP contribution in [0.3, 0.4) is 0 Å². The summed E-state index contributed by atoms with van der Waals surface area (Å²) in [4.78, 5) is 8.78. The summed E-state index contributed by atoms with van der Waals surface area (Å²) in [5.41, 5.74) is 2.09. The van der Waals surface area contributed by atoms with Gasteiger partial charge in [0, 0.05) is 12.1 Å². The van der Waals surface area contributed by atoms with Crippen LogP contribution in [0.15, 0.2) is 58.4 Å². The molecular weight excluding hydrogens is 304 g/mol. The summed E-state index contributed by atoms with van der Waals surface area (Å²) < 4.78 is 5.32. The number of H-pyrrole nitrogens is 1. The number of hydrogen-bond acceptors (Lipinski definition) is 4. The van der Waals surface area contributed by atoms with Gasteiger partial charge in [0.05, 0.1) is 19.4 Å². The van der Waals surface area contributed by atoms with Gasteiger partial charge in [0.25, 0.3) is 0 Å². The Morgan fingerprint density at radius 2 is 2.21 bits per heavy atom. The molecule has 0 saturated carbocycles. The van der Waals surface area contributed by atoms with E-state index >= 15 is 0 Å². The lowest BCUT2D eigenvalue weighted by Gasteiger charge is -2.10. The number of nitrogens with one attached hydrogen (secondary N) is 3. The minimum atomic E-state index is 0.565. The van der Waals surface area contributed by atoms with Crippen LogP contribution in [-0.4, -0.2) is 27.7 Å². The van der Waals surface area contributed by atoms with Crippen LogP contribution < -0.4 is 10.6 Å². The van der Waals surface area contributed by atoms with Gasteiger partial charge < -0.3 is 15.1 Å². The average Bonchev–Trinajstić information content (AvgIpc) is 3.31. The van der Waals surface area contributed by atoms with Crippen LogP contribution in [0.4, 0.5) is 0 Å². The van der Waals surface area contributed by atoms with Gasteiger partial charge in [-0.15, -0.1) is 0 Å². The molecule has 0 unspecified atom stereocenters. The molecular formula is C17H20N6O. The van der Waals surface area contributed by atoms with E-state index in [0.717, 1.165) is 35.2 Å². The second-order valence-corrected chi connectivity index (χ2v) is 5.16. The van der Waals surface area contributed by atoms with Crippen LogP contribution in [0, 0.1) is 0 Å². The zero-order chi connectivity index (χ0) is 16.6. The summed E-state index contributed by atoms with van der Waals surface area (Å²) in [5, 5.41) is 13.2. The standard InChI is InChI=1S/C17H20N6O/c1-2-18-17(20-11-15-7-4-8-24-15)19-10-13-5-3-6-14(9-13)16-21-12-22-23-16/h3-9,12H,2,10-11H2,1H3,(H2,18,19,20)(H,21,22,23). The number of aromatic nitrogens is 3. The van der Waals surface area contributed by atoms with Crippen molar-refractivity contribution >= 4 is 5.96 Å². The van der Waals surface area contributed by atoms with Crippen LogP contribution in [0.2, 0.25) is 0 Å². The Kier molecular flexibility index (Phi) is 5.24. The highest BCUT2D eigenvalue weighted by Crippen LogP contribution is 2.15. The van der Waals surface area contributed by atoms with Gasteiger partial charge in [0.2, 0.25) is 0 Å². The van der Waals surface area contributed by atoms with Crippen molar-refractivity contribution in [3.05, 3.63) is 60.3 Å². The molecule has 124 valence electrons. The van der Waals surface area contributed by atoms with Gasteiger partial charge >= 0.3 is 0 Å². The summed E-state index contributed by atoms with van der Waals surface area (Å²) in [7, 11) is 0. The van der Waals surface area contributed by atoms with Gasteiger partial charge in [-0.25, -0.2) is 9.98 Å². The van der Waals surface area contributed by atoms with Gasteiger partial charge in [-0.05, 0) is 30.7 Å². The number of rotatable bonds is 6. The number of aromatic amines is 1. The van der Waals surface area contributed by atoms with E-state index in [2.05, 4.69) is 36.9 Å². The molecule has 0 amide bonds. The molecule has 2 aromatic heterocycles. The molecule has 3 aromatic rings. The van der Waals surface area contributed by atoms with Crippen molar-refractivity contribution < 1.29 is 4.42 Å². The molecule has 2 heterocycles. The molecule has 0 spiro atoms. The molecule has 0 aliphatic carbocycles. The van der Waals surface area contributed by atoms with E-state index in [9.17, 15) is 0 Å². The molecule has 0 bridgehead atoms. The predicted octanol–water partition coefficient (Wildman–Crippen LogP) is 2.32. The molecule has 24 heavy (non-hydrogen) atoms. The van der Waals surface area contributed by atoms with Crippen LogP contribution in [0.1, 0.15) is 18.2 Å². The highest BCUT2D eigenvalue weighted by Gasteiger charge is 2.03. The van der Waals surface area contributed by atoms with E-state index in [4.69, 9.17) is 4.42 Å². The molecule has 3 rings (SSSR count). The number of hydrogen-bond donors (Lipinski definition) is 3. The number of nitrogens with zero attached hydrogens (tertiary/aromatic N) is 3. The predicted molar refractivity (Wildman–Crippen MR) is 92.2 cm³/mol. The van der Waals surface area contributed by atoms with Crippen molar-refractivity contribution in [1.29, 1.82) is 0 Å². The summed E-state index contributed by atoms with van der Waals surface area (Å²) in [6.45, 7) is 3.99. The Morgan fingerprint density at radius 3 is 2.96 bits per heavy atom. The summed E-state index contributed by atoms with van der Waals surface area (Å²) >= 11 is 0. The molecule has 1 aromatic carbocycles. The van der Waals surface area contributed by atoms with E-state index in [-0.39, 0.29) is 0 Å². The third-order valence-electron chi connectivity index (χ3n) is 3.39. The molecule has 3 N–H and O–H groups in total. The summed E-state index contributed by atoms with van der Waals surface area (Å²) in [6, 6.07) is 11.9. The van der Waals surface area contributed by atoms with Crippen molar-refractivity contribution in [3.8, 4) is 11.4 Å². The van der Waals surface area contributed by atoms with Gasteiger partial charge in [-0.3, -0.25) is 5.10 Å². The molecule has 0 fully saturated rings. The third kappa shape index (κ3) is 4.22. The maximum absolute atomic E-state index is 5.32. The number of benzene rings is 1. The van der Waals surface area contributed by atoms with Crippen molar-refractivity contribution in [2.45, 2.75) is 20.0 Å². The van der Waals surface area contributed by atoms with E-state index in [1.807, 2.05) is 37.3 Å². The number of guanidine groups is 1. The van der Waals surface area contributed by atoms with E-state index in [1.165, 1.54) is 6.33 Å². The number of furan rings is 1. The van der Waals surface area contributed by atoms with Crippen molar-refractivity contribution in [3.63, 3.8) is 0 Å². The van der Waals surface area contributed by atoms with Crippen molar-refractivity contribution in [1.82, 2.24) is 25.8 Å². The van der Waals surface area contributed by atoms with E-state index in [1.54, 1.807) is 6.26 Å². The minimum Gasteiger partial charge on any atom is -0.467 e. The molecule has 0 atom stereocenters. The molecule has 0 radical (unpaired) electrons. The third-order valence-corrected chi connectivity index (χ3v) is 3.39. The smallest absolute Gasteiger partial charge is 0.191 e. The maximum Gasteiger partial charge on any atom is 0.191 e. The summed E-state index contributed by atoms with van der Waals surface area (Å²) in [5.74, 6) is 2.37. The zero-order valence-electron chi connectivity index (χ0n) is 13.5. The first-order chi connectivity index (χ1) is 11.8. The maximum atomic E-state index is 5.32. The lowest BCUT2D eigenvalue weighted by Crippen LogP contribution is -2.36. The SMILES string of the molecule is CCNC(=NCc1cccc(-c2ncn[nH]2)c1)NCc1ccco1. The fraction of sp³-hybridized carbons (Fsp3) is 0.235. The van der Waals surface area contributed by atoms with E-state index in [0.29, 0.717) is 13.1 Å². The molecule has 0 aliphatic heterocycles. The monoisotopic (exact) mass is 324 g/mol. The second kappa shape index (κ2) is 7.96. The fourth-order valence-electron chi connectivity index (χ4n) is 2.26. The second-order valence-electron chi connectivity index (χ2n) is 5.16. The Labute approximate surface area is 140 Å². The first-order valence-corrected chi connectivity index (χ1v) is 7.84. The van der Waals surface area contributed by atoms with Crippen LogP contribution in [0.25, 0.3) is 11.4 Å². The van der Waals surface area contributed by atoms with Crippen molar-refractivity contribution in [2.24, 2.45) is 4.99 Å². The van der Waals surface area contributed by atoms with Crippen molar-refractivity contribution in [2.75, 3.05) is 6.54 Å². The molecule has 0 saturated heterocycles. The highest BCUT2D eigenvalue weighted by atomic mass is 16.3. The highest BCUT2D eigenvalue weighted by molar-refractivity contribution is 5.79. The zero-order valence-corrected chi connectivity index (χ0v) is 13.5. The van der Waals surface area contributed by atoms with Gasteiger partial charge in [-0.2, -0.15) is 5.10 Å².